The molecule has 3 aromatic rings. The van der Waals surface area contributed by atoms with Gasteiger partial charge in [0.25, 0.3) is 0 Å². The van der Waals surface area contributed by atoms with Gasteiger partial charge in [-0.25, -0.2) is 0 Å². The van der Waals surface area contributed by atoms with E-state index in [1.165, 1.54) is 0 Å². The molecule has 4 rings (SSSR count). The lowest BCUT2D eigenvalue weighted by molar-refractivity contribution is 0.354. The van der Waals surface area contributed by atoms with Gasteiger partial charge in [0.2, 0.25) is 5.88 Å². The minimum absolute atomic E-state index is 0.106. The number of benzene rings is 2. The van der Waals surface area contributed by atoms with E-state index in [2.05, 4.69) is 11.1 Å². The van der Waals surface area contributed by atoms with Gasteiger partial charge in [0, 0.05) is 28.7 Å². The number of hydrogen-bond acceptors (Lipinski definition) is 6. The Balaban J connectivity index is 1.97. The lowest BCUT2D eigenvalue weighted by atomic mass is 9.82. The Kier molecular flexibility index (Phi) is 4.05. The van der Waals surface area contributed by atoms with Gasteiger partial charge in [-0.05, 0) is 23.8 Å². The van der Waals surface area contributed by atoms with Crippen molar-refractivity contribution in [3.05, 3.63) is 71.4 Å². The highest BCUT2D eigenvalue weighted by Gasteiger charge is 2.32. The van der Waals surface area contributed by atoms with Crippen LogP contribution in [0.4, 0.5) is 0 Å². The van der Waals surface area contributed by atoms with Crippen molar-refractivity contribution >= 4 is 10.8 Å². The van der Waals surface area contributed by atoms with E-state index in [4.69, 9.17) is 19.9 Å². The number of aromatic nitrogens is 1. The molecule has 6 nitrogen and oxygen atoms in total. The number of ether oxygens (including phenoxy) is 3. The summed E-state index contributed by atoms with van der Waals surface area (Å²) in [6.45, 7) is 0. The van der Waals surface area contributed by atoms with Crippen LogP contribution >= 0.6 is 0 Å². The van der Waals surface area contributed by atoms with Crippen LogP contribution in [0.5, 0.6) is 17.2 Å². The van der Waals surface area contributed by atoms with Crippen LogP contribution < -0.4 is 19.9 Å². The molecular formula is C21H17N3O3. The van der Waals surface area contributed by atoms with Crippen molar-refractivity contribution in [3.63, 3.8) is 0 Å². The summed E-state index contributed by atoms with van der Waals surface area (Å²) in [5, 5.41) is 11.6. The predicted molar refractivity (Wildman–Crippen MR) is 101 cm³/mol. The maximum Gasteiger partial charge on any atom is 0.205 e. The number of nitrogens with two attached hydrogens (primary N) is 1. The first-order valence-electron chi connectivity index (χ1n) is 8.34. The molecule has 134 valence electrons. The second-order valence-electron chi connectivity index (χ2n) is 6.12. The second kappa shape index (κ2) is 6.54. The van der Waals surface area contributed by atoms with E-state index in [0.717, 1.165) is 21.9 Å². The predicted octanol–water partition coefficient (Wildman–Crippen LogP) is 3.47. The molecule has 0 radical (unpaired) electrons. The van der Waals surface area contributed by atoms with Crippen LogP contribution in [-0.2, 0) is 0 Å². The Morgan fingerprint density at radius 1 is 1.11 bits per heavy atom. The molecule has 0 saturated heterocycles. The standard InChI is InChI=1S/C21H17N3O3/c1-25-17-6-4-12(9-18(17)26-2)19-15-5-3-13-11-24-8-7-14(13)20(15)27-21(23)16(19)10-22/h3-9,11,19H,23H2,1-2H3. The molecule has 27 heavy (non-hydrogen) atoms. The summed E-state index contributed by atoms with van der Waals surface area (Å²) < 4.78 is 16.6. The first kappa shape index (κ1) is 16.7. The summed E-state index contributed by atoms with van der Waals surface area (Å²) in [5.41, 5.74) is 8.21. The smallest absolute Gasteiger partial charge is 0.205 e. The van der Waals surface area contributed by atoms with Gasteiger partial charge in [0.05, 0.1) is 20.1 Å². The van der Waals surface area contributed by atoms with Crippen LogP contribution in [0.1, 0.15) is 17.0 Å². The van der Waals surface area contributed by atoms with Crippen molar-refractivity contribution in [2.75, 3.05) is 14.2 Å². The quantitative estimate of drug-likeness (QED) is 0.770. The SMILES string of the molecule is COc1ccc(C2C(C#N)=C(N)Oc3c2ccc2cnccc32)cc1OC. The minimum atomic E-state index is -0.365. The summed E-state index contributed by atoms with van der Waals surface area (Å²) >= 11 is 0. The molecule has 1 aromatic heterocycles. The highest BCUT2D eigenvalue weighted by Crippen LogP contribution is 2.46. The van der Waals surface area contributed by atoms with Crippen molar-refractivity contribution in [1.29, 1.82) is 5.26 Å². The van der Waals surface area contributed by atoms with Crippen molar-refractivity contribution in [2.24, 2.45) is 5.73 Å². The first-order chi connectivity index (χ1) is 13.2. The molecule has 1 atom stereocenters. The van der Waals surface area contributed by atoms with Crippen LogP contribution in [0, 0.1) is 11.3 Å². The molecule has 0 aliphatic carbocycles. The number of nitriles is 1. The highest BCUT2D eigenvalue weighted by atomic mass is 16.5. The number of hydrogen-bond donors (Lipinski definition) is 1. The number of rotatable bonds is 3. The van der Waals surface area contributed by atoms with Crippen LogP contribution in [0.25, 0.3) is 10.8 Å². The summed E-state index contributed by atoms with van der Waals surface area (Å²) in [4.78, 5) is 4.15. The van der Waals surface area contributed by atoms with Gasteiger partial charge in [0.15, 0.2) is 11.5 Å². The molecule has 0 fully saturated rings. The zero-order valence-corrected chi connectivity index (χ0v) is 14.9. The van der Waals surface area contributed by atoms with Crippen LogP contribution in [0.15, 0.2) is 60.2 Å². The highest BCUT2D eigenvalue weighted by molar-refractivity contribution is 5.90. The van der Waals surface area contributed by atoms with Gasteiger partial charge in [-0.1, -0.05) is 18.2 Å². The van der Waals surface area contributed by atoms with Gasteiger partial charge < -0.3 is 19.9 Å². The number of pyridine rings is 1. The van der Waals surface area contributed by atoms with Crippen molar-refractivity contribution < 1.29 is 14.2 Å². The molecule has 2 heterocycles. The summed E-state index contributed by atoms with van der Waals surface area (Å²) in [7, 11) is 3.16. The van der Waals surface area contributed by atoms with Gasteiger partial charge in [-0.3, -0.25) is 4.98 Å². The van der Waals surface area contributed by atoms with E-state index < -0.39 is 0 Å². The maximum atomic E-state index is 9.73. The van der Waals surface area contributed by atoms with Crippen LogP contribution in [0.2, 0.25) is 0 Å². The van der Waals surface area contributed by atoms with Crippen LogP contribution in [-0.4, -0.2) is 19.2 Å². The molecule has 1 unspecified atom stereocenters. The van der Waals surface area contributed by atoms with Gasteiger partial charge in [-0.2, -0.15) is 5.26 Å². The molecule has 0 bridgehead atoms. The van der Waals surface area contributed by atoms with Gasteiger partial charge >= 0.3 is 0 Å². The van der Waals surface area contributed by atoms with E-state index in [1.807, 2.05) is 36.4 Å². The number of allylic oxidation sites excluding steroid dienone is 1. The summed E-state index contributed by atoms with van der Waals surface area (Å²) in [5.74, 6) is 1.59. The fourth-order valence-corrected chi connectivity index (χ4v) is 3.46. The van der Waals surface area contributed by atoms with Crippen molar-refractivity contribution in [2.45, 2.75) is 5.92 Å². The average molecular weight is 359 g/mol. The zero-order chi connectivity index (χ0) is 19.0. The Hall–Kier alpha value is -3.72. The van der Waals surface area contributed by atoms with E-state index in [0.29, 0.717) is 22.8 Å². The molecule has 0 saturated carbocycles. The number of nitrogens with zero attached hydrogens (tertiary/aromatic N) is 2. The second-order valence-corrected chi connectivity index (χ2v) is 6.12. The zero-order valence-electron chi connectivity index (χ0n) is 14.9. The van der Waals surface area contributed by atoms with Gasteiger partial charge in [-0.15, -0.1) is 0 Å². The third-order valence-electron chi connectivity index (χ3n) is 4.74. The largest absolute Gasteiger partial charge is 0.493 e. The molecule has 1 aliphatic heterocycles. The molecule has 0 spiro atoms. The molecule has 6 heteroatoms. The minimum Gasteiger partial charge on any atom is -0.493 e. The van der Waals surface area contributed by atoms with Crippen molar-refractivity contribution in [3.8, 4) is 23.3 Å². The molecule has 2 aromatic carbocycles. The average Bonchev–Trinajstić information content (AvgIpc) is 2.72. The lowest BCUT2D eigenvalue weighted by Gasteiger charge is -2.27. The van der Waals surface area contributed by atoms with Crippen molar-refractivity contribution in [1.82, 2.24) is 4.98 Å². The summed E-state index contributed by atoms with van der Waals surface area (Å²) in [6, 6.07) is 13.6. The lowest BCUT2D eigenvalue weighted by Crippen LogP contribution is -2.21. The normalized spacial score (nSPS) is 15.7. The third kappa shape index (κ3) is 2.61. The van der Waals surface area contributed by atoms with E-state index in [9.17, 15) is 5.26 Å². The fraction of sp³-hybridized carbons (Fsp3) is 0.143. The molecule has 1 aliphatic rings. The van der Waals surface area contributed by atoms with E-state index in [-0.39, 0.29) is 11.8 Å². The Bertz CT molecular complexity index is 1120. The Morgan fingerprint density at radius 3 is 2.67 bits per heavy atom. The summed E-state index contributed by atoms with van der Waals surface area (Å²) in [6.07, 6.45) is 3.47. The molecule has 0 amide bonds. The topological polar surface area (TPSA) is 90.4 Å². The number of methoxy groups -OCH3 is 2. The van der Waals surface area contributed by atoms with Gasteiger partial charge in [0.1, 0.15) is 17.4 Å². The molecule has 2 N–H and O–H groups in total. The fourth-order valence-electron chi connectivity index (χ4n) is 3.46. The van der Waals surface area contributed by atoms with Crippen LogP contribution in [0.3, 0.4) is 0 Å². The monoisotopic (exact) mass is 359 g/mol. The first-order valence-corrected chi connectivity index (χ1v) is 8.34. The van der Waals surface area contributed by atoms with E-state index >= 15 is 0 Å². The Labute approximate surface area is 156 Å². The molecular weight excluding hydrogens is 342 g/mol. The number of fused-ring (bicyclic) bond motifs is 3. The Morgan fingerprint density at radius 2 is 1.93 bits per heavy atom. The third-order valence-corrected chi connectivity index (χ3v) is 4.74. The van der Waals surface area contributed by atoms with E-state index in [1.54, 1.807) is 26.6 Å². The maximum absolute atomic E-state index is 9.73.